The SMILES string of the molecule is CCCNC(Cc1cc(CC)nn1C)c1ccccc1Br. The van der Waals surface area contributed by atoms with Crippen LogP contribution in [0.25, 0.3) is 0 Å². The van der Waals surface area contributed by atoms with Gasteiger partial charge in [-0.3, -0.25) is 4.68 Å². The van der Waals surface area contributed by atoms with E-state index in [1.54, 1.807) is 0 Å². The van der Waals surface area contributed by atoms with E-state index >= 15 is 0 Å². The lowest BCUT2D eigenvalue weighted by Gasteiger charge is -2.20. The lowest BCUT2D eigenvalue weighted by molar-refractivity contribution is 0.510. The Morgan fingerprint density at radius 1 is 1.29 bits per heavy atom. The fourth-order valence-corrected chi connectivity index (χ4v) is 3.07. The Balaban J connectivity index is 2.24. The van der Waals surface area contributed by atoms with Gasteiger partial charge in [0, 0.05) is 29.7 Å². The Morgan fingerprint density at radius 2 is 2.05 bits per heavy atom. The molecule has 0 aliphatic carbocycles. The van der Waals surface area contributed by atoms with Crippen LogP contribution in [0.2, 0.25) is 0 Å². The molecule has 1 N–H and O–H groups in total. The highest BCUT2D eigenvalue weighted by molar-refractivity contribution is 9.10. The van der Waals surface area contributed by atoms with E-state index in [-0.39, 0.29) is 0 Å². The van der Waals surface area contributed by atoms with E-state index in [4.69, 9.17) is 0 Å². The van der Waals surface area contributed by atoms with E-state index in [2.05, 4.69) is 70.5 Å². The number of benzene rings is 1. The number of halogens is 1. The quantitative estimate of drug-likeness (QED) is 0.817. The van der Waals surface area contributed by atoms with Gasteiger partial charge in [0.25, 0.3) is 0 Å². The zero-order valence-electron chi connectivity index (χ0n) is 13.1. The fourth-order valence-electron chi connectivity index (χ4n) is 2.51. The largest absolute Gasteiger partial charge is 0.310 e. The summed E-state index contributed by atoms with van der Waals surface area (Å²) in [6.07, 6.45) is 3.06. The molecule has 0 amide bonds. The Hall–Kier alpha value is -1.13. The predicted molar refractivity (Wildman–Crippen MR) is 91.5 cm³/mol. The Labute approximate surface area is 135 Å². The molecule has 2 rings (SSSR count). The summed E-state index contributed by atoms with van der Waals surface area (Å²) in [6.45, 7) is 5.36. The second-order valence-corrected chi connectivity index (χ2v) is 6.19. The van der Waals surface area contributed by atoms with Crippen molar-refractivity contribution in [1.29, 1.82) is 0 Å². The van der Waals surface area contributed by atoms with E-state index in [9.17, 15) is 0 Å². The molecule has 0 aliphatic rings. The Kier molecular flexibility index (Phi) is 6.00. The smallest absolute Gasteiger partial charge is 0.0624 e. The molecule has 4 heteroatoms. The van der Waals surface area contributed by atoms with Gasteiger partial charge in [-0.2, -0.15) is 5.10 Å². The first-order valence-corrected chi connectivity index (χ1v) is 8.44. The molecule has 1 unspecified atom stereocenters. The molecule has 1 aromatic carbocycles. The molecule has 0 bridgehead atoms. The number of nitrogens with zero attached hydrogens (tertiary/aromatic N) is 2. The predicted octanol–water partition coefficient (Wildman–Crippen LogP) is 4.03. The van der Waals surface area contributed by atoms with Crippen LogP contribution < -0.4 is 5.32 Å². The topological polar surface area (TPSA) is 29.9 Å². The van der Waals surface area contributed by atoms with Crippen LogP contribution in [0, 0.1) is 0 Å². The molecule has 1 heterocycles. The first kappa shape index (κ1) is 16.2. The van der Waals surface area contributed by atoms with Crippen molar-refractivity contribution in [2.24, 2.45) is 7.05 Å². The number of hydrogen-bond donors (Lipinski definition) is 1. The summed E-state index contributed by atoms with van der Waals surface area (Å²) in [4.78, 5) is 0. The van der Waals surface area contributed by atoms with Gasteiger partial charge in [0.2, 0.25) is 0 Å². The molecule has 0 fully saturated rings. The molecule has 1 aromatic heterocycles. The molecule has 0 aliphatic heterocycles. The summed E-state index contributed by atoms with van der Waals surface area (Å²) >= 11 is 3.68. The Morgan fingerprint density at radius 3 is 2.67 bits per heavy atom. The molecule has 1 atom stereocenters. The maximum Gasteiger partial charge on any atom is 0.0624 e. The average Bonchev–Trinajstić information content (AvgIpc) is 2.84. The van der Waals surface area contributed by atoms with Crippen molar-refractivity contribution < 1.29 is 0 Å². The van der Waals surface area contributed by atoms with Gasteiger partial charge in [-0.25, -0.2) is 0 Å². The van der Waals surface area contributed by atoms with Gasteiger partial charge >= 0.3 is 0 Å². The number of aryl methyl sites for hydroxylation is 2. The lowest BCUT2D eigenvalue weighted by atomic mass is 10.0. The van der Waals surface area contributed by atoms with Crippen LogP contribution in [0.3, 0.4) is 0 Å². The minimum absolute atomic E-state index is 0.306. The standard InChI is InChI=1S/C17H24BrN3/c1-4-10-19-17(15-8-6-7-9-16(15)18)12-14-11-13(5-2)20-21(14)3/h6-9,11,17,19H,4-5,10,12H2,1-3H3. The summed E-state index contributed by atoms with van der Waals surface area (Å²) in [6, 6.07) is 11.0. The molecule has 3 nitrogen and oxygen atoms in total. The van der Waals surface area contributed by atoms with Crippen molar-refractivity contribution in [3.63, 3.8) is 0 Å². The second-order valence-electron chi connectivity index (χ2n) is 5.34. The van der Waals surface area contributed by atoms with Gasteiger partial charge < -0.3 is 5.32 Å². The maximum atomic E-state index is 4.56. The third kappa shape index (κ3) is 4.17. The number of hydrogen-bond acceptors (Lipinski definition) is 2. The Bertz CT molecular complexity index is 577. The van der Waals surface area contributed by atoms with Gasteiger partial charge in [0.05, 0.1) is 5.69 Å². The molecule has 0 saturated heterocycles. The first-order valence-electron chi connectivity index (χ1n) is 7.65. The summed E-state index contributed by atoms with van der Waals surface area (Å²) in [5, 5.41) is 8.21. The van der Waals surface area contributed by atoms with Gasteiger partial charge in [-0.05, 0) is 37.1 Å². The maximum absolute atomic E-state index is 4.56. The zero-order valence-corrected chi connectivity index (χ0v) is 14.7. The minimum Gasteiger partial charge on any atom is -0.310 e. The van der Waals surface area contributed by atoms with Crippen molar-refractivity contribution in [2.45, 2.75) is 39.2 Å². The fraction of sp³-hybridized carbons (Fsp3) is 0.471. The van der Waals surface area contributed by atoms with E-state index in [1.165, 1.54) is 11.3 Å². The molecule has 0 radical (unpaired) electrons. The highest BCUT2D eigenvalue weighted by Crippen LogP contribution is 2.26. The summed E-state index contributed by atoms with van der Waals surface area (Å²) in [7, 11) is 2.03. The monoisotopic (exact) mass is 349 g/mol. The first-order chi connectivity index (χ1) is 10.2. The highest BCUT2D eigenvalue weighted by atomic mass is 79.9. The minimum atomic E-state index is 0.306. The normalized spacial score (nSPS) is 12.6. The number of aromatic nitrogens is 2. The number of nitrogens with one attached hydrogen (secondary N) is 1. The van der Waals surface area contributed by atoms with Crippen LogP contribution in [-0.4, -0.2) is 16.3 Å². The van der Waals surface area contributed by atoms with Crippen molar-refractivity contribution in [2.75, 3.05) is 6.54 Å². The number of rotatable bonds is 7. The molecule has 0 saturated carbocycles. The van der Waals surface area contributed by atoms with Crippen LogP contribution in [0.1, 0.15) is 43.3 Å². The average molecular weight is 350 g/mol. The third-order valence-electron chi connectivity index (χ3n) is 3.72. The van der Waals surface area contributed by atoms with Crippen LogP contribution in [0.4, 0.5) is 0 Å². The van der Waals surface area contributed by atoms with Crippen molar-refractivity contribution in [3.05, 3.63) is 51.8 Å². The van der Waals surface area contributed by atoms with Gasteiger partial charge in [-0.1, -0.05) is 48.0 Å². The van der Waals surface area contributed by atoms with Crippen molar-refractivity contribution in [3.8, 4) is 0 Å². The van der Waals surface area contributed by atoms with E-state index in [0.29, 0.717) is 6.04 Å². The van der Waals surface area contributed by atoms with Gasteiger partial charge in [0.15, 0.2) is 0 Å². The van der Waals surface area contributed by atoms with Gasteiger partial charge in [-0.15, -0.1) is 0 Å². The molecule has 21 heavy (non-hydrogen) atoms. The summed E-state index contributed by atoms with van der Waals surface area (Å²) in [5.41, 5.74) is 3.75. The zero-order chi connectivity index (χ0) is 15.2. The van der Waals surface area contributed by atoms with E-state index in [1.807, 2.05) is 11.7 Å². The van der Waals surface area contributed by atoms with Crippen molar-refractivity contribution in [1.82, 2.24) is 15.1 Å². The van der Waals surface area contributed by atoms with Crippen molar-refractivity contribution >= 4 is 15.9 Å². The second kappa shape index (κ2) is 7.76. The molecular formula is C17H24BrN3. The molecule has 114 valence electrons. The lowest BCUT2D eigenvalue weighted by Crippen LogP contribution is -2.25. The van der Waals surface area contributed by atoms with Crippen LogP contribution in [-0.2, 0) is 19.9 Å². The van der Waals surface area contributed by atoms with Crippen LogP contribution in [0.5, 0.6) is 0 Å². The van der Waals surface area contributed by atoms with Crippen LogP contribution >= 0.6 is 15.9 Å². The molecule has 0 spiro atoms. The third-order valence-corrected chi connectivity index (χ3v) is 4.45. The summed E-state index contributed by atoms with van der Waals surface area (Å²) < 4.78 is 3.17. The van der Waals surface area contributed by atoms with Crippen LogP contribution in [0.15, 0.2) is 34.8 Å². The summed E-state index contributed by atoms with van der Waals surface area (Å²) in [5.74, 6) is 0. The van der Waals surface area contributed by atoms with E-state index < -0.39 is 0 Å². The van der Waals surface area contributed by atoms with E-state index in [0.717, 1.165) is 36.0 Å². The highest BCUT2D eigenvalue weighted by Gasteiger charge is 2.16. The molecule has 2 aromatic rings. The van der Waals surface area contributed by atoms with Gasteiger partial charge in [0.1, 0.15) is 0 Å². The molecular weight excluding hydrogens is 326 g/mol.